The van der Waals surface area contributed by atoms with Crippen LogP contribution < -0.4 is 14.2 Å². The van der Waals surface area contributed by atoms with E-state index in [1.807, 2.05) is 11.6 Å². The van der Waals surface area contributed by atoms with E-state index in [0.717, 1.165) is 11.1 Å². The van der Waals surface area contributed by atoms with Crippen LogP contribution in [0.25, 0.3) is 0 Å². The van der Waals surface area contributed by atoms with Crippen molar-refractivity contribution in [3.63, 3.8) is 0 Å². The third-order valence-corrected chi connectivity index (χ3v) is 6.76. The Kier molecular flexibility index (Phi) is 6.32. The SMILES string of the molecule is Cc1ccc(OS(=O)(=O)c2cccc(NC(=O)NS(=O)(=O)c3ccc(C)cc3)c2)cc1. The number of benzene rings is 3. The van der Waals surface area contributed by atoms with Gasteiger partial charge in [0.2, 0.25) is 0 Å². The first-order chi connectivity index (χ1) is 14.5. The van der Waals surface area contributed by atoms with Gasteiger partial charge in [-0.2, -0.15) is 8.42 Å². The summed E-state index contributed by atoms with van der Waals surface area (Å²) in [7, 11) is -8.24. The number of nitrogens with one attached hydrogen (secondary N) is 2. The van der Waals surface area contributed by atoms with E-state index in [1.165, 1.54) is 48.5 Å². The fourth-order valence-corrected chi connectivity index (χ4v) is 4.44. The number of hydrogen-bond acceptors (Lipinski definition) is 6. The van der Waals surface area contributed by atoms with Crippen LogP contribution in [0.2, 0.25) is 0 Å². The molecule has 3 rings (SSSR count). The molecule has 8 nitrogen and oxygen atoms in total. The zero-order chi connectivity index (χ0) is 22.6. The minimum atomic E-state index is -4.16. The molecule has 2 N–H and O–H groups in total. The molecule has 2 amide bonds. The number of hydrogen-bond donors (Lipinski definition) is 2. The van der Waals surface area contributed by atoms with E-state index in [2.05, 4.69) is 5.32 Å². The molecular weight excluding hydrogens is 440 g/mol. The number of urea groups is 1. The Bertz CT molecular complexity index is 1300. The van der Waals surface area contributed by atoms with E-state index in [-0.39, 0.29) is 21.2 Å². The summed E-state index contributed by atoms with van der Waals surface area (Å²) in [5.41, 5.74) is 1.89. The van der Waals surface area contributed by atoms with E-state index in [9.17, 15) is 21.6 Å². The van der Waals surface area contributed by atoms with Gasteiger partial charge in [0.1, 0.15) is 10.6 Å². The summed E-state index contributed by atoms with van der Waals surface area (Å²) in [6, 6.07) is 16.7. The summed E-state index contributed by atoms with van der Waals surface area (Å²) in [4.78, 5) is 11.9. The first kappa shape index (κ1) is 22.3. The van der Waals surface area contributed by atoms with Crippen molar-refractivity contribution >= 4 is 31.9 Å². The number of rotatable bonds is 6. The molecule has 0 aliphatic carbocycles. The summed E-state index contributed by atoms with van der Waals surface area (Å²) in [6.07, 6.45) is 0. The highest BCUT2D eigenvalue weighted by molar-refractivity contribution is 7.90. The molecule has 0 atom stereocenters. The smallest absolute Gasteiger partial charge is 0.339 e. The van der Waals surface area contributed by atoms with E-state index in [1.54, 1.807) is 31.2 Å². The Labute approximate surface area is 181 Å². The Balaban J connectivity index is 1.73. The van der Waals surface area contributed by atoms with Gasteiger partial charge in [-0.1, -0.05) is 41.5 Å². The van der Waals surface area contributed by atoms with Gasteiger partial charge in [-0.15, -0.1) is 0 Å². The number of carbonyl (C=O) groups is 1. The van der Waals surface area contributed by atoms with E-state index < -0.39 is 26.2 Å². The normalized spacial score (nSPS) is 11.5. The fraction of sp³-hybridized carbons (Fsp3) is 0.0952. The van der Waals surface area contributed by atoms with Crippen LogP contribution in [0.1, 0.15) is 11.1 Å². The van der Waals surface area contributed by atoms with Crippen molar-refractivity contribution in [1.82, 2.24) is 4.72 Å². The average molecular weight is 461 g/mol. The molecule has 0 fully saturated rings. The molecule has 0 aliphatic heterocycles. The number of anilines is 1. The second kappa shape index (κ2) is 8.78. The van der Waals surface area contributed by atoms with Gasteiger partial charge < -0.3 is 9.50 Å². The number of aryl methyl sites for hydroxylation is 2. The number of carbonyl (C=O) groups excluding carboxylic acids is 1. The van der Waals surface area contributed by atoms with E-state index >= 15 is 0 Å². The highest BCUT2D eigenvalue weighted by Gasteiger charge is 2.20. The molecule has 0 saturated heterocycles. The van der Waals surface area contributed by atoms with Crippen LogP contribution in [-0.4, -0.2) is 22.9 Å². The molecule has 0 aromatic heterocycles. The van der Waals surface area contributed by atoms with Crippen molar-refractivity contribution in [3.05, 3.63) is 83.9 Å². The van der Waals surface area contributed by atoms with Crippen LogP contribution in [0.5, 0.6) is 5.75 Å². The highest BCUT2D eigenvalue weighted by atomic mass is 32.2. The van der Waals surface area contributed by atoms with Crippen molar-refractivity contribution in [2.45, 2.75) is 23.6 Å². The van der Waals surface area contributed by atoms with Crippen molar-refractivity contribution in [2.24, 2.45) is 0 Å². The molecule has 0 aliphatic rings. The maximum Gasteiger partial charge on any atom is 0.339 e. The van der Waals surface area contributed by atoms with Crippen LogP contribution in [0.15, 0.2) is 82.6 Å². The molecule has 3 aromatic rings. The average Bonchev–Trinajstić information content (AvgIpc) is 2.69. The lowest BCUT2D eigenvalue weighted by molar-refractivity contribution is 0.256. The topological polar surface area (TPSA) is 119 Å². The molecular formula is C21H20N2O6S2. The summed E-state index contributed by atoms with van der Waals surface area (Å²) >= 11 is 0. The van der Waals surface area contributed by atoms with Crippen molar-refractivity contribution in [2.75, 3.05) is 5.32 Å². The monoisotopic (exact) mass is 460 g/mol. The molecule has 3 aromatic carbocycles. The number of amides is 2. The summed E-state index contributed by atoms with van der Waals surface area (Å²) < 4.78 is 56.6. The van der Waals surface area contributed by atoms with Gasteiger partial charge in [0, 0.05) is 5.69 Å². The van der Waals surface area contributed by atoms with Gasteiger partial charge in [0.15, 0.2) is 0 Å². The molecule has 0 bridgehead atoms. The number of sulfonamides is 1. The Morgan fingerprint density at radius 1 is 0.774 bits per heavy atom. The van der Waals surface area contributed by atoms with E-state index in [0.29, 0.717) is 0 Å². The van der Waals surface area contributed by atoms with Gasteiger partial charge in [0.25, 0.3) is 10.0 Å². The zero-order valence-corrected chi connectivity index (χ0v) is 18.3. The van der Waals surface area contributed by atoms with Crippen LogP contribution in [0.3, 0.4) is 0 Å². The molecule has 0 radical (unpaired) electrons. The van der Waals surface area contributed by atoms with Crippen LogP contribution in [0.4, 0.5) is 10.5 Å². The molecule has 0 spiro atoms. The second-order valence-corrected chi connectivity index (χ2v) is 9.98. The summed E-state index contributed by atoms with van der Waals surface area (Å²) in [5, 5.41) is 2.31. The lowest BCUT2D eigenvalue weighted by Crippen LogP contribution is -2.34. The van der Waals surface area contributed by atoms with Gasteiger partial charge >= 0.3 is 16.1 Å². The first-order valence-corrected chi connectivity index (χ1v) is 12.0. The zero-order valence-electron chi connectivity index (χ0n) is 16.7. The molecule has 0 heterocycles. The molecule has 0 unspecified atom stereocenters. The third-order valence-electron chi connectivity index (χ3n) is 4.17. The second-order valence-electron chi connectivity index (χ2n) is 6.75. The predicted molar refractivity (Wildman–Crippen MR) is 116 cm³/mol. The van der Waals surface area contributed by atoms with Crippen LogP contribution in [0, 0.1) is 13.8 Å². The van der Waals surface area contributed by atoms with Gasteiger partial charge in [-0.3, -0.25) is 0 Å². The van der Waals surface area contributed by atoms with Crippen molar-refractivity contribution in [1.29, 1.82) is 0 Å². The Morgan fingerprint density at radius 3 is 1.97 bits per heavy atom. The minimum Gasteiger partial charge on any atom is -0.379 e. The highest BCUT2D eigenvalue weighted by Crippen LogP contribution is 2.21. The standard InChI is InChI=1S/C21H20N2O6S2/c1-15-6-10-18(11-7-15)29-31(27,28)20-5-3-4-17(14-20)22-21(24)23-30(25,26)19-12-8-16(2)9-13-19/h3-14H,1-2H3,(H2,22,23,24). The van der Waals surface area contributed by atoms with Crippen molar-refractivity contribution < 1.29 is 25.8 Å². The lowest BCUT2D eigenvalue weighted by atomic mass is 10.2. The van der Waals surface area contributed by atoms with Crippen LogP contribution >= 0.6 is 0 Å². The van der Waals surface area contributed by atoms with Crippen LogP contribution in [-0.2, 0) is 20.1 Å². The largest absolute Gasteiger partial charge is 0.379 e. The lowest BCUT2D eigenvalue weighted by Gasteiger charge is -2.11. The van der Waals surface area contributed by atoms with Gasteiger partial charge in [-0.25, -0.2) is 17.9 Å². The van der Waals surface area contributed by atoms with Crippen molar-refractivity contribution in [3.8, 4) is 5.75 Å². The van der Waals surface area contributed by atoms with Gasteiger partial charge in [-0.05, 0) is 56.3 Å². The van der Waals surface area contributed by atoms with Gasteiger partial charge in [0.05, 0.1) is 4.90 Å². The summed E-state index contributed by atoms with van der Waals surface area (Å²) in [5.74, 6) is 0.144. The Hall–Kier alpha value is -3.37. The summed E-state index contributed by atoms with van der Waals surface area (Å²) in [6.45, 7) is 3.66. The molecule has 0 saturated carbocycles. The molecule has 10 heteroatoms. The minimum absolute atomic E-state index is 0.0731. The quantitative estimate of drug-likeness (QED) is 0.543. The maximum atomic E-state index is 12.5. The Morgan fingerprint density at radius 2 is 1.35 bits per heavy atom. The predicted octanol–water partition coefficient (Wildman–Crippen LogP) is 3.58. The molecule has 31 heavy (non-hydrogen) atoms. The first-order valence-electron chi connectivity index (χ1n) is 9.07. The fourth-order valence-electron chi connectivity index (χ4n) is 2.55. The molecule has 162 valence electrons. The van der Waals surface area contributed by atoms with E-state index in [4.69, 9.17) is 4.18 Å². The third kappa shape index (κ3) is 5.83. The maximum absolute atomic E-state index is 12.5.